The summed E-state index contributed by atoms with van der Waals surface area (Å²) in [6, 6.07) is 11.5. The first kappa shape index (κ1) is 20.4. The predicted octanol–water partition coefficient (Wildman–Crippen LogP) is 4.37. The van der Waals surface area contributed by atoms with E-state index in [0.29, 0.717) is 10.5 Å². The van der Waals surface area contributed by atoms with Gasteiger partial charge in [-0.25, -0.2) is 13.0 Å². The van der Waals surface area contributed by atoms with Crippen LogP contribution >= 0.6 is 0 Å². The molecule has 0 N–H and O–H groups in total. The van der Waals surface area contributed by atoms with Gasteiger partial charge < -0.3 is 0 Å². The number of carbonyl (C=O) groups is 1. The molecule has 1 aromatic heterocycles. The van der Waals surface area contributed by atoms with Gasteiger partial charge in [0.1, 0.15) is 11.6 Å². The number of nitrogens with zero attached hydrogens (tertiary/aromatic N) is 2. The van der Waals surface area contributed by atoms with Gasteiger partial charge in [0.2, 0.25) is 0 Å². The highest BCUT2D eigenvalue weighted by atomic mass is 32.2. The lowest BCUT2D eigenvalue weighted by molar-refractivity contribution is 0.100. The van der Waals surface area contributed by atoms with Crippen LogP contribution < -0.4 is 0 Å². The van der Waals surface area contributed by atoms with Crippen LogP contribution in [0.4, 0.5) is 8.78 Å². The van der Waals surface area contributed by atoms with Crippen LogP contribution in [0.2, 0.25) is 0 Å². The van der Waals surface area contributed by atoms with Crippen LogP contribution in [0, 0.1) is 30.4 Å². The van der Waals surface area contributed by atoms with E-state index in [2.05, 4.69) is 21.2 Å². The van der Waals surface area contributed by atoms with Crippen molar-refractivity contribution in [3.63, 3.8) is 0 Å². The maximum Gasteiger partial charge on any atom is 0.286 e. The SMILES string of the molecule is Cc1cccc(S(C)(=O)=NC(=O)c2cncc(C#Cc3ccc(F)cc3F)c2)c1. The first-order valence-electron chi connectivity index (χ1n) is 8.50. The van der Waals surface area contributed by atoms with Crippen LogP contribution in [0.3, 0.4) is 0 Å². The van der Waals surface area contributed by atoms with Crippen molar-refractivity contribution in [2.24, 2.45) is 4.36 Å². The van der Waals surface area contributed by atoms with Crippen molar-refractivity contribution in [2.45, 2.75) is 11.8 Å². The van der Waals surface area contributed by atoms with Gasteiger partial charge in [0.15, 0.2) is 0 Å². The molecule has 1 heterocycles. The Hall–Kier alpha value is -3.37. The molecule has 4 nitrogen and oxygen atoms in total. The van der Waals surface area contributed by atoms with E-state index < -0.39 is 27.3 Å². The van der Waals surface area contributed by atoms with E-state index in [1.54, 1.807) is 18.2 Å². The summed E-state index contributed by atoms with van der Waals surface area (Å²) >= 11 is 0. The minimum atomic E-state index is -2.93. The van der Waals surface area contributed by atoms with E-state index in [9.17, 15) is 17.8 Å². The van der Waals surface area contributed by atoms with Crippen molar-refractivity contribution < 1.29 is 17.8 Å². The molecule has 1 unspecified atom stereocenters. The van der Waals surface area contributed by atoms with Gasteiger partial charge in [-0.2, -0.15) is 4.36 Å². The lowest BCUT2D eigenvalue weighted by Crippen LogP contribution is -2.04. The number of amides is 1. The topological polar surface area (TPSA) is 59.4 Å². The van der Waals surface area contributed by atoms with Crippen molar-refractivity contribution in [3.05, 3.63) is 94.8 Å². The number of carbonyl (C=O) groups excluding carboxylic acids is 1. The molecule has 0 aliphatic carbocycles. The fourth-order valence-electron chi connectivity index (χ4n) is 2.47. The Balaban J connectivity index is 1.91. The van der Waals surface area contributed by atoms with Crippen LogP contribution in [0.1, 0.15) is 27.0 Å². The fraction of sp³-hybridized carbons (Fsp3) is 0.0909. The first-order valence-corrected chi connectivity index (χ1v) is 10.4. The molecule has 29 heavy (non-hydrogen) atoms. The number of benzene rings is 2. The summed E-state index contributed by atoms with van der Waals surface area (Å²) in [6.07, 6.45) is 4.09. The van der Waals surface area contributed by atoms with Gasteiger partial charge in [-0.3, -0.25) is 9.78 Å². The smallest absolute Gasteiger partial charge is 0.266 e. The maximum atomic E-state index is 13.7. The summed E-state index contributed by atoms with van der Waals surface area (Å²) in [6.45, 7) is 1.86. The Kier molecular flexibility index (Phi) is 5.85. The molecule has 146 valence electrons. The fourth-order valence-corrected chi connectivity index (χ4v) is 3.73. The molecule has 3 aromatic rings. The third-order valence-electron chi connectivity index (χ3n) is 3.94. The van der Waals surface area contributed by atoms with Gasteiger partial charge >= 0.3 is 0 Å². The average Bonchev–Trinajstić information content (AvgIpc) is 2.67. The summed E-state index contributed by atoms with van der Waals surface area (Å²) in [7, 11) is -2.93. The summed E-state index contributed by atoms with van der Waals surface area (Å²) in [5.41, 5.74) is 1.38. The number of halogens is 2. The van der Waals surface area contributed by atoms with Crippen molar-refractivity contribution in [1.82, 2.24) is 4.98 Å². The Morgan fingerprint density at radius 3 is 2.59 bits per heavy atom. The van der Waals surface area contributed by atoms with Crippen molar-refractivity contribution >= 4 is 15.6 Å². The second-order valence-electron chi connectivity index (χ2n) is 6.35. The molecule has 0 saturated carbocycles. The highest BCUT2D eigenvalue weighted by Gasteiger charge is 2.12. The number of aryl methyl sites for hydroxylation is 1. The van der Waals surface area contributed by atoms with Crippen molar-refractivity contribution in [2.75, 3.05) is 6.26 Å². The van der Waals surface area contributed by atoms with E-state index in [1.165, 1.54) is 30.8 Å². The third kappa shape index (κ3) is 5.12. The predicted molar refractivity (Wildman–Crippen MR) is 107 cm³/mol. The Labute approximate surface area is 167 Å². The van der Waals surface area contributed by atoms with Crippen molar-refractivity contribution in [3.8, 4) is 11.8 Å². The Bertz CT molecular complexity index is 1280. The largest absolute Gasteiger partial charge is 0.286 e. The molecule has 7 heteroatoms. The molecule has 0 aliphatic heterocycles. The normalized spacial score (nSPS) is 12.4. The highest BCUT2D eigenvalue weighted by Crippen LogP contribution is 2.15. The lowest BCUT2D eigenvalue weighted by Gasteiger charge is -2.05. The summed E-state index contributed by atoms with van der Waals surface area (Å²) in [5.74, 6) is 3.08. The zero-order valence-electron chi connectivity index (χ0n) is 15.6. The van der Waals surface area contributed by atoms with Crippen LogP contribution in [0.5, 0.6) is 0 Å². The zero-order valence-corrected chi connectivity index (χ0v) is 16.5. The Morgan fingerprint density at radius 2 is 1.86 bits per heavy atom. The molecule has 0 radical (unpaired) electrons. The standard InChI is InChI=1S/C22H16F2N2O2S/c1-15-4-3-5-20(10-15)29(2,28)26-22(27)18-11-16(13-25-14-18)6-7-17-8-9-19(23)12-21(17)24/h3-5,8-14H,1-2H3. The minimum Gasteiger partial charge on any atom is -0.266 e. The monoisotopic (exact) mass is 410 g/mol. The summed E-state index contributed by atoms with van der Waals surface area (Å²) in [5, 5.41) is 0. The molecule has 0 saturated heterocycles. The molecule has 3 rings (SSSR count). The summed E-state index contributed by atoms with van der Waals surface area (Å²) in [4.78, 5) is 16.9. The van der Waals surface area contributed by atoms with Crippen molar-refractivity contribution in [1.29, 1.82) is 0 Å². The lowest BCUT2D eigenvalue weighted by atomic mass is 10.1. The third-order valence-corrected chi connectivity index (χ3v) is 5.58. The number of rotatable bonds is 2. The number of hydrogen-bond donors (Lipinski definition) is 0. The average molecular weight is 410 g/mol. The summed E-state index contributed by atoms with van der Waals surface area (Å²) < 4.78 is 43.4. The van der Waals surface area contributed by atoms with Gasteiger partial charge in [-0.1, -0.05) is 24.0 Å². The Morgan fingerprint density at radius 1 is 1.07 bits per heavy atom. The van der Waals surface area contributed by atoms with Crippen LogP contribution in [0.15, 0.2) is 70.2 Å². The van der Waals surface area contributed by atoms with Gasteiger partial charge in [0.25, 0.3) is 5.91 Å². The zero-order chi connectivity index (χ0) is 21.0. The van der Waals surface area contributed by atoms with E-state index in [-0.39, 0.29) is 11.1 Å². The van der Waals surface area contributed by atoms with Gasteiger partial charge in [0, 0.05) is 35.2 Å². The molecular weight excluding hydrogens is 394 g/mol. The molecular formula is C22H16F2N2O2S. The number of hydrogen-bond acceptors (Lipinski definition) is 3. The molecule has 0 aliphatic rings. The number of aromatic nitrogens is 1. The second kappa shape index (κ2) is 8.33. The minimum absolute atomic E-state index is 0.0174. The molecule has 1 atom stereocenters. The van der Waals surface area contributed by atoms with Crippen LogP contribution in [-0.4, -0.2) is 21.4 Å². The van der Waals surface area contributed by atoms with E-state index in [1.807, 2.05) is 13.0 Å². The number of pyridine rings is 1. The quantitative estimate of drug-likeness (QED) is 0.590. The van der Waals surface area contributed by atoms with Gasteiger partial charge in [-0.05, 0) is 42.8 Å². The van der Waals surface area contributed by atoms with Crippen LogP contribution in [0.25, 0.3) is 0 Å². The highest BCUT2D eigenvalue weighted by molar-refractivity contribution is 7.93. The second-order valence-corrected chi connectivity index (χ2v) is 8.61. The van der Waals surface area contributed by atoms with E-state index in [0.717, 1.165) is 17.7 Å². The molecule has 1 amide bonds. The van der Waals surface area contributed by atoms with E-state index >= 15 is 0 Å². The maximum absolute atomic E-state index is 13.7. The first-order chi connectivity index (χ1) is 13.7. The molecule has 0 fully saturated rings. The molecule has 0 spiro atoms. The van der Waals surface area contributed by atoms with Gasteiger partial charge in [-0.15, -0.1) is 0 Å². The van der Waals surface area contributed by atoms with E-state index in [4.69, 9.17) is 0 Å². The van der Waals surface area contributed by atoms with Gasteiger partial charge in [0.05, 0.1) is 20.9 Å². The molecule has 0 bridgehead atoms. The molecule has 2 aromatic carbocycles. The van der Waals surface area contributed by atoms with Crippen LogP contribution in [-0.2, 0) is 9.73 Å².